The van der Waals surface area contributed by atoms with Crippen LogP contribution in [0.4, 0.5) is 0 Å². The van der Waals surface area contributed by atoms with E-state index in [1.54, 1.807) is 0 Å². The molecule has 0 aliphatic heterocycles. The van der Waals surface area contributed by atoms with Gasteiger partial charge >= 0.3 is 0 Å². The molecule has 0 aliphatic carbocycles. The van der Waals surface area contributed by atoms with Crippen LogP contribution in [0.5, 0.6) is 0 Å². The fourth-order valence-corrected chi connectivity index (χ4v) is 9.29. The zero-order valence-corrected chi connectivity index (χ0v) is 20.5. The highest BCUT2D eigenvalue weighted by atomic mass is 28.3. The van der Waals surface area contributed by atoms with Crippen molar-refractivity contribution in [2.45, 2.75) is 0 Å². The van der Waals surface area contributed by atoms with Crippen LogP contribution < -0.4 is 15.6 Å². The SMILES string of the molecule is C(#Cc1ccccc1)/C(=C\c1ccccc1)[Si](c1ccccc1)(c1ccccc1)c1ccccc1. The third-order valence-corrected chi connectivity index (χ3v) is 10.9. The highest BCUT2D eigenvalue weighted by Gasteiger charge is 2.42. The molecule has 1 heteroatoms. The standard InChI is InChI=1S/C34H26Si/c1-6-16-29(17-7-1)26-27-34(28-30-18-8-2-9-19-30)35(31-20-10-3-11-21-31,32-22-12-4-13-23-32)33-24-14-5-15-25-33/h1-25,28H/b34-28+. The number of hydrogen-bond acceptors (Lipinski definition) is 0. The van der Waals surface area contributed by atoms with Gasteiger partial charge < -0.3 is 0 Å². The van der Waals surface area contributed by atoms with E-state index in [9.17, 15) is 0 Å². The van der Waals surface area contributed by atoms with Gasteiger partial charge in [-0.15, -0.1) is 0 Å². The van der Waals surface area contributed by atoms with E-state index in [0.717, 1.165) is 16.3 Å². The molecule has 166 valence electrons. The number of allylic oxidation sites excluding steroid dienone is 1. The summed E-state index contributed by atoms with van der Waals surface area (Å²) in [7, 11) is -2.70. The van der Waals surface area contributed by atoms with Gasteiger partial charge in [-0.05, 0) is 39.3 Å². The summed E-state index contributed by atoms with van der Waals surface area (Å²) in [6, 6.07) is 53.6. The zero-order valence-electron chi connectivity index (χ0n) is 19.5. The van der Waals surface area contributed by atoms with Crippen LogP contribution in [-0.4, -0.2) is 8.07 Å². The maximum absolute atomic E-state index is 3.69. The number of hydrogen-bond donors (Lipinski definition) is 0. The van der Waals surface area contributed by atoms with E-state index in [1.165, 1.54) is 15.6 Å². The third-order valence-electron chi connectivity index (χ3n) is 6.25. The predicted molar refractivity (Wildman–Crippen MR) is 152 cm³/mol. The molecule has 0 amide bonds. The first-order chi connectivity index (χ1) is 17.4. The molecule has 0 aromatic heterocycles. The highest BCUT2D eigenvalue weighted by Crippen LogP contribution is 2.20. The van der Waals surface area contributed by atoms with E-state index in [-0.39, 0.29) is 0 Å². The molecule has 0 N–H and O–H groups in total. The zero-order chi connectivity index (χ0) is 23.8. The van der Waals surface area contributed by atoms with Crippen molar-refractivity contribution in [1.82, 2.24) is 0 Å². The summed E-state index contributed by atoms with van der Waals surface area (Å²) < 4.78 is 0. The molecule has 0 nitrogen and oxygen atoms in total. The minimum absolute atomic E-state index is 1.02. The largest absolute Gasteiger partial charge is 0.189 e. The predicted octanol–water partition coefficient (Wildman–Crippen LogP) is 5.83. The van der Waals surface area contributed by atoms with Gasteiger partial charge in [0.05, 0.1) is 0 Å². The first-order valence-electron chi connectivity index (χ1n) is 11.9. The summed E-state index contributed by atoms with van der Waals surface area (Å²) in [4.78, 5) is 0. The van der Waals surface area contributed by atoms with Gasteiger partial charge in [0.15, 0.2) is 8.07 Å². The second kappa shape index (κ2) is 10.7. The summed E-state index contributed by atoms with van der Waals surface area (Å²) in [5, 5.41) is 5.13. The highest BCUT2D eigenvalue weighted by molar-refractivity contribution is 7.17. The molecule has 0 heterocycles. The fraction of sp³-hybridized carbons (Fsp3) is 0. The minimum atomic E-state index is -2.70. The first-order valence-corrected chi connectivity index (χ1v) is 13.9. The Bertz CT molecular complexity index is 1350. The van der Waals surface area contributed by atoms with E-state index in [0.29, 0.717) is 0 Å². The summed E-state index contributed by atoms with van der Waals surface area (Å²) in [6.07, 6.45) is 2.30. The average Bonchev–Trinajstić information content (AvgIpc) is 2.95. The van der Waals surface area contributed by atoms with Gasteiger partial charge in [-0.3, -0.25) is 0 Å². The Hall–Kier alpha value is -4.38. The Morgan fingerprint density at radius 3 is 1.26 bits per heavy atom. The number of benzene rings is 5. The van der Waals surface area contributed by atoms with Crippen molar-refractivity contribution in [2.24, 2.45) is 0 Å². The van der Waals surface area contributed by atoms with Gasteiger partial charge in [0.1, 0.15) is 0 Å². The molecule has 0 bridgehead atoms. The molecular weight excluding hydrogens is 436 g/mol. The Balaban J connectivity index is 1.88. The van der Waals surface area contributed by atoms with Gasteiger partial charge in [-0.1, -0.05) is 151 Å². The molecule has 0 radical (unpaired) electrons. The van der Waals surface area contributed by atoms with E-state index in [4.69, 9.17) is 0 Å². The van der Waals surface area contributed by atoms with Crippen molar-refractivity contribution in [3.05, 3.63) is 168 Å². The maximum atomic E-state index is 3.69. The quantitative estimate of drug-likeness (QED) is 0.175. The molecule has 0 saturated heterocycles. The molecule has 5 aromatic rings. The molecule has 0 aliphatic rings. The molecule has 35 heavy (non-hydrogen) atoms. The normalized spacial score (nSPS) is 11.4. The maximum Gasteiger partial charge on any atom is 0.189 e. The van der Waals surface area contributed by atoms with Crippen LogP contribution in [-0.2, 0) is 0 Å². The Labute approximate surface area is 209 Å². The molecule has 0 spiro atoms. The fourth-order valence-electron chi connectivity index (χ4n) is 4.65. The van der Waals surface area contributed by atoms with Crippen LogP contribution in [0, 0.1) is 11.8 Å². The molecular formula is C34H26Si. The van der Waals surface area contributed by atoms with Crippen LogP contribution in [0.1, 0.15) is 11.1 Å². The number of rotatable bonds is 5. The third kappa shape index (κ3) is 4.80. The second-order valence-electron chi connectivity index (χ2n) is 8.43. The van der Waals surface area contributed by atoms with Crippen LogP contribution in [0.2, 0.25) is 0 Å². The first kappa shape index (κ1) is 22.4. The van der Waals surface area contributed by atoms with Crippen molar-refractivity contribution in [3.63, 3.8) is 0 Å². The Morgan fingerprint density at radius 1 is 0.457 bits per heavy atom. The molecule has 0 fully saturated rings. The van der Waals surface area contributed by atoms with Gasteiger partial charge in [0.25, 0.3) is 0 Å². The molecule has 0 saturated carbocycles. The molecule has 5 rings (SSSR count). The summed E-state index contributed by atoms with van der Waals surface area (Å²) in [5.41, 5.74) is 2.17. The minimum Gasteiger partial charge on any atom is -0.0694 e. The van der Waals surface area contributed by atoms with E-state index in [1.807, 2.05) is 18.2 Å². The lowest BCUT2D eigenvalue weighted by Crippen LogP contribution is -2.68. The smallest absolute Gasteiger partial charge is 0.0694 e. The molecule has 0 unspecified atom stereocenters. The average molecular weight is 463 g/mol. The van der Waals surface area contributed by atoms with Crippen molar-refractivity contribution in [1.29, 1.82) is 0 Å². The molecule has 0 atom stereocenters. The van der Waals surface area contributed by atoms with Crippen molar-refractivity contribution < 1.29 is 0 Å². The van der Waals surface area contributed by atoms with Crippen molar-refractivity contribution in [2.75, 3.05) is 0 Å². The Kier molecular flexibility index (Phi) is 6.85. The van der Waals surface area contributed by atoms with Gasteiger partial charge in [-0.25, -0.2) is 0 Å². The van der Waals surface area contributed by atoms with Crippen LogP contribution in [0.3, 0.4) is 0 Å². The van der Waals surface area contributed by atoms with Crippen molar-refractivity contribution >= 4 is 29.7 Å². The summed E-state index contributed by atoms with van der Waals surface area (Å²) in [6.45, 7) is 0. The van der Waals surface area contributed by atoms with Crippen LogP contribution >= 0.6 is 0 Å². The van der Waals surface area contributed by atoms with Gasteiger partial charge in [-0.2, -0.15) is 0 Å². The Morgan fingerprint density at radius 2 is 0.829 bits per heavy atom. The molecule has 5 aromatic carbocycles. The van der Waals surface area contributed by atoms with E-state index in [2.05, 4.69) is 151 Å². The van der Waals surface area contributed by atoms with Crippen LogP contribution in [0.15, 0.2) is 157 Å². The topological polar surface area (TPSA) is 0 Å². The van der Waals surface area contributed by atoms with Crippen molar-refractivity contribution in [3.8, 4) is 11.8 Å². The van der Waals surface area contributed by atoms with Gasteiger partial charge in [0, 0.05) is 10.8 Å². The lowest BCUT2D eigenvalue weighted by atomic mass is 10.2. The second-order valence-corrected chi connectivity index (χ2v) is 12.2. The summed E-state index contributed by atoms with van der Waals surface area (Å²) in [5.74, 6) is 7.19. The van der Waals surface area contributed by atoms with E-state index < -0.39 is 8.07 Å². The summed E-state index contributed by atoms with van der Waals surface area (Å²) >= 11 is 0. The van der Waals surface area contributed by atoms with Gasteiger partial charge in [0.2, 0.25) is 0 Å². The van der Waals surface area contributed by atoms with Crippen LogP contribution in [0.25, 0.3) is 6.08 Å². The lowest BCUT2D eigenvalue weighted by molar-refractivity contribution is 1.63. The van der Waals surface area contributed by atoms with E-state index >= 15 is 0 Å². The lowest BCUT2D eigenvalue weighted by Gasteiger charge is -2.34. The monoisotopic (exact) mass is 462 g/mol.